The maximum atomic E-state index is 4.93. The second-order valence-electron chi connectivity index (χ2n) is 7.68. The van der Waals surface area contributed by atoms with E-state index in [1.165, 1.54) is 29.5 Å². The van der Waals surface area contributed by atoms with Crippen molar-refractivity contribution in [2.45, 2.75) is 38.8 Å². The van der Waals surface area contributed by atoms with Crippen molar-refractivity contribution < 1.29 is 0 Å². The molecule has 0 aliphatic heterocycles. The van der Waals surface area contributed by atoms with Gasteiger partial charge in [0.05, 0.1) is 11.7 Å². The zero-order chi connectivity index (χ0) is 20.6. The summed E-state index contributed by atoms with van der Waals surface area (Å²) in [6.45, 7) is 3.08. The molecule has 0 saturated carbocycles. The minimum absolute atomic E-state index is 0.225. The van der Waals surface area contributed by atoms with E-state index in [1.54, 1.807) is 0 Å². The zero-order valence-electron chi connectivity index (χ0n) is 17.5. The lowest BCUT2D eigenvalue weighted by Crippen LogP contribution is -2.22. The zero-order valence-corrected chi connectivity index (χ0v) is 17.5. The summed E-state index contributed by atoms with van der Waals surface area (Å²) in [5.41, 5.74) is 5.88. The Morgan fingerprint density at radius 3 is 2.13 bits per heavy atom. The molecule has 4 aromatic rings. The first-order valence-electron chi connectivity index (χ1n) is 10.8. The fourth-order valence-electron chi connectivity index (χ4n) is 3.71. The molecule has 1 heterocycles. The van der Waals surface area contributed by atoms with Crippen molar-refractivity contribution in [3.05, 3.63) is 103 Å². The van der Waals surface area contributed by atoms with E-state index in [0.29, 0.717) is 0 Å². The topological polar surface area (TPSA) is 40.7 Å². The molecule has 30 heavy (non-hydrogen) atoms. The fraction of sp³-hybridized carbons (Fsp3) is 0.222. The number of hydrogen-bond acceptors (Lipinski definition) is 2. The first-order chi connectivity index (χ1) is 14.8. The van der Waals surface area contributed by atoms with E-state index in [4.69, 9.17) is 4.98 Å². The van der Waals surface area contributed by atoms with Crippen LogP contribution < -0.4 is 5.32 Å². The van der Waals surface area contributed by atoms with Gasteiger partial charge in [0.2, 0.25) is 0 Å². The van der Waals surface area contributed by atoms with Crippen molar-refractivity contribution in [1.29, 1.82) is 0 Å². The molecule has 0 radical (unpaired) electrons. The molecule has 3 nitrogen and oxygen atoms in total. The molecule has 0 spiro atoms. The van der Waals surface area contributed by atoms with E-state index in [1.807, 2.05) is 12.3 Å². The standard InChI is InChI=1S/C27H29N3/c1-2-3-14-25(28-19-21-10-6-4-7-11-21)27-29-20-26(30-27)24-17-15-23(16-18-24)22-12-8-5-9-13-22/h4-13,15-18,20,25,28H,2-3,14,19H2,1H3,(H,29,30). The molecule has 1 aromatic heterocycles. The highest BCUT2D eigenvalue weighted by Crippen LogP contribution is 2.26. The van der Waals surface area contributed by atoms with Crippen LogP contribution in [0.15, 0.2) is 91.1 Å². The summed E-state index contributed by atoms with van der Waals surface area (Å²) in [6.07, 6.45) is 5.45. The Hall–Kier alpha value is -3.17. The Balaban J connectivity index is 1.48. The smallest absolute Gasteiger partial charge is 0.124 e. The van der Waals surface area contributed by atoms with Crippen LogP contribution in [-0.2, 0) is 6.54 Å². The first kappa shape index (κ1) is 20.1. The molecule has 0 aliphatic carbocycles. The number of aromatic nitrogens is 2. The summed E-state index contributed by atoms with van der Waals surface area (Å²) in [6, 6.07) is 29.9. The lowest BCUT2D eigenvalue weighted by atomic mass is 10.0. The van der Waals surface area contributed by atoms with Crippen molar-refractivity contribution in [1.82, 2.24) is 15.3 Å². The molecule has 4 rings (SSSR count). The number of aromatic amines is 1. The van der Waals surface area contributed by atoms with Crippen molar-refractivity contribution in [3.63, 3.8) is 0 Å². The molecule has 0 saturated heterocycles. The third kappa shape index (κ3) is 5.05. The van der Waals surface area contributed by atoms with Gasteiger partial charge in [0.1, 0.15) is 5.82 Å². The van der Waals surface area contributed by atoms with Gasteiger partial charge in [-0.1, -0.05) is 105 Å². The molecule has 0 aliphatic rings. The van der Waals surface area contributed by atoms with Gasteiger partial charge in [-0.3, -0.25) is 0 Å². The number of H-pyrrole nitrogens is 1. The van der Waals surface area contributed by atoms with E-state index in [2.05, 4.69) is 96.1 Å². The third-order valence-electron chi connectivity index (χ3n) is 5.46. The summed E-state index contributed by atoms with van der Waals surface area (Å²) in [5, 5.41) is 3.69. The van der Waals surface area contributed by atoms with Crippen molar-refractivity contribution in [2.24, 2.45) is 0 Å². The maximum Gasteiger partial charge on any atom is 0.124 e. The van der Waals surface area contributed by atoms with Crippen LogP contribution in [0.3, 0.4) is 0 Å². The minimum atomic E-state index is 0.225. The summed E-state index contributed by atoms with van der Waals surface area (Å²) < 4.78 is 0. The number of nitrogens with one attached hydrogen (secondary N) is 2. The maximum absolute atomic E-state index is 4.93. The van der Waals surface area contributed by atoms with E-state index in [-0.39, 0.29) is 6.04 Å². The van der Waals surface area contributed by atoms with Crippen LogP contribution in [0, 0.1) is 0 Å². The Morgan fingerprint density at radius 2 is 1.43 bits per heavy atom. The van der Waals surface area contributed by atoms with Gasteiger partial charge in [0.15, 0.2) is 0 Å². The van der Waals surface area contributed by atoms with Crippen LogP contribution in [-0.4, -0.2) is 9.97 Å². The summed E-state index contributed by atoms with van der Waals surface area (Å²) in [7, 11) is 0. The van der Waals surface area contributed by atoms with Gasteiger partial charge in [0.25, 0.3) is 0 Å². The van der Waals surface area contributed by atoms with Crippen LogP contribution in [0.4, 0.5) is 0 Å². The monoisotopic (exact) mass is 395 g/mol. The first-order valence-corrected chi connectivity index (χ1v) is 10.8. The van der Waals surface area contributed by atoms with E-state index in [0.717, 1.165) is 30.0 Å². The fourth-order valence-corrected chi connectivity index (χ4v) is 3.71. The van der Waals surface area contributed by atoms with E-state index in [9.17, 15) is 0 Å². The predicted octanol–water partition coefficient (Wildman–Crippen LogP) is 6.76. The number of hydrogen-bond donors (Lipinski definition) is 2. The minimum Gasteiger partial charge on any atom is -0.347 e. The molecular weight excluding hydrogens is 366 g/mol. The van der Waals surface area contributed by atoms with Crippen LogP contribution in [0.1, 0.15) is 43.6 Å². The highest BCUT2D eigenvalue weighted by atomic mass is 15.0. The number of nitrogens with zero attached hydrogens (tertiary/aromatic N) is 1. The van der Waals surface area contributed by atoms with Gasteiger partial charge < -0.3 is 10.3 Å². The van der Waals surface area contributed by atoms with Crippen LogP contribution in [0.2, 0.25) is 0 Å². The van der Waals surface area contributed by atoms with Gasteiger partial charge in [-0.2, -0.15) is 0 Å². The lowest BCUT2D eigenvalue weighted by molar-refractivity contribution is 0.463. The lowest BCUT2D eigenvalue weighted by Gasteiger charge is -2.16. The van der Waals surface area contributed by atoms with Gasteiger partial charge >= 0.3 is 0 Å². The number of rotatable bonds is 9. The Labute approximate surface area is 179 Å². The molecule has 3 aromatic carbocycles. The largest absolute Gasteiger partial charge is 0.347 e. The summed E-state index contributed by atoms with van der Waals surface area (Å²) in [5.74, 6) is 1.02. The van der Waals surface area contributed by atoms with E-state index < -0.39 is 0 Å². The van der Waals surface area contributed by atoms with Gasteiger partial charge in [-0.15, -0.1) is 0 Å². The average molecular weight is 396 g/mol. The van der Waals surface area contributed by atoms with Crippen LogP contribution in [0.25, 0.3) is 22.4 Å². The molecule has 3 heteroatoms. The van der Waals surface area contributed by atoms with Crippen molar-refractivity contribution in [3.8, 4) is 22.4 Å². The van der Waals surface area contributed by atoms with Crippen LogP contribution >= 0.6 is 0 Å². The molecular formula is C27H29N3. The molecule has 1 atom stereocenters. The number of unbranched alkanes of at least 4 members (excludes halogenated alkanes) is 1. The average Bonchev–Trinajstić information content (AvgIpc) is 3.31. The highest BCUT2D eigenvalue weighted by molar-refractivity contribution is 5.68. The third-order valence-corrected chi connectivity index (χ3v) is 5.46. The van der Waals surface area contributed by atoms with Crippen LogP contribution in [0.5, 0.6) is 0 Å². The molecule has 0 fully saturated rings. The van der Waals surface area contributed by atoms with E-state index >= 15 is 0 Å². The van der Waals surface area contributed by atoms with Gasteiger partial charge in [-0.05, 0) is 23.1 Å². The second kappa shape index (κ2) is 10.0. The Bertz CT molecular complexity index is 1020. The summed E-state index contributed by atoms with van der Waals surface area (Å²) >= 11 is 0. The highest BCUT2D eigenvalue weighted by Gasteiger charge is 2.15. The number of benzene rings is 3. The van der Waals surface area contributed by atoms with Crippen molar-refractivity contribution >= 4 is 0 Å². The van der Waals surface area contributed by atoms with Gasteiger partial charge in [0, 0.05) is 18.3 Å². The Morgan fingerprint density at radius 1 is 0.800 bits per heavy atom. The second-order valence-corrected chi connectivity index (χ2v) is 7.68. The molecule has 0 amide bonds. The molecule has 2 N–H and O–H groups in total. The van der Waals surface area contributed by atoms with Gasteiger partial charge in [-0.25, -0.2) is 4.98 Å². The summed E-state index contributed by atoms with van der Waals surface area (Å²) in [4.78, 5) is 8.35. The van der Waals surface area contributed by atoms with Crippen molar-refractivity contribution in [2.75, 3.05) is 0 Å². The SMILES string of the molecule is CCCCC(NCc1ccccc1)c1nc(-c2ccc(-c3ccccc3)cc2)c[nH]1. The predicted molar refractivity (Wildman–Crippen MR) is 125 cm³/mol. The normalized spacial score (nSPS) is 12.0. The molecule has 152 valence electrons. The quantitative estimate of drug-likeness (QED) is 0.328. The Kier molecular flexibility index (Phi) is 6.73. The molecule has 1 unspecified atom stereocenters. The molecule has 0 bridgehead atoms. The number of imidazole rings is 1.